The third kappa shape index (κ3) is 1.47. The third-order valence-corrected chi connectivity index (χ3v) is 2.26. The summed E-state index contributed by atoms with van der Waals surface area (Å²) in [4.78, 5) is 16.8. The minimum absolute atomic E-state index is 0.321. The lowest BCUT2D eigenvalue weighted by Gasteiger charge is -1.98. The first-order valence-electron chi connectivity index (χ1n) is 3.51. The maximum Gasteiger partial charge on any atom is 0.345 e. The quantitative estimate of drug-likeness (QED) is 0.767. The molecule has 0 saturated carbocycles. The Morgan fingerprint density at radius 1 is 1.46 bits per heavy atom. The Balaban J connectivity index is 2.89. The van der Waals surface area contributed by atoms with Crippen LogP contribution in [0, 0.1) is 5.82 Å². The van der Waals surface area contributed by atoms with Crippen LogP contribution >= 0.6 is 15.9 Å². The summed E-state index contributed by atoms with van der Waals surface area (Å²) in [5.41, 5.74) is 0.124. The number of aromatic amines is 1. The summed E-state index contributed by atoms with van der Waals surface area (Å²) >= 11 is 3.02. The molecule has 1 N–H and O–H groups in total. The molecule has 66 valence electrons. The molecule has 0 unspecified atom stereocenters. The molecule has 13 heavy (non-hydrogen) atoms. The van der Waals surface area contributed by atoms with Crippen molar-refractivity contribution in [2.24, 2.45) is 0 Å². The average Bonchev–Trinajstić information content (AvgIpc) is 2.08. The monoisotopic (exact) mass is 242 g/mol. The number of aromatic nitrogens is 2. The van der Waals surface area contributed by atoms with Gasteiger partial charge in [0.1, 0.15) is 5.82 Å². The Morgan fingerprint density at radius 3 is 3.00 bits per heavy atom. The van der Waals surface area contributed by atoms with Crippen molar-refractivity contribution in [2.75, 3.05) is 0 Å². The summed E-state index contributed by atoms with van der Waals surface area (Å²) in [6.07, 6.45) is 1.34. The lowest BCUT2D eigenvalue weighted by atomic mass is 10.2. The number of halogens is 2. The maximum absolute atomic E-state index is 13.0. The number of fused-ring (bicyclic) bond motifs is 1. The van der Waals surface area contributed by atoms with Crippen molar-refractivity contribution in [1.82, 2.24) is 9.97 Å². The van der Waals surface area contributed by atoms with E-state index in [-0.39, 0.29) is 5.82 Å². The van der Waals surface area contributed by atoms with Crippen LogP contribution in [0.2, 0.25) is 0 Å². The fourth-order valence-corrected chi connectivity index (χ4v) is 1.40. The molecule has 3 nitrogen and oxygen atoms in total. The van der Waals surface area contributed by atoms with Crippen molar-refractivity contribution in [3.8, 4) is 0 Å². The minimum Gasteiger partial charge on any atom is -0.305 e. The summed E-state index contributed by atoms with van der Waals surface area (Å²) in [6.45, 7) is 0. The van der Waals surface area contributed by atoms with Crippen LogP contribution in [0.15, 0.2) is 27.6 Å². The SMILES string of the molecule is O=c1ncc2cc(F)c(Br)cc2[nH]1. The predicted octanol–water partition coefficient (Wildman–Crippen LogP) is 1.82. The van der Waals surface area contributed by atoms with Crippen LogP contribution in [0.3, 0.4) is 0 Å². The van der Waals surface area contributed by atoms with Crippen LogP contribution in [0.5, 0.6) is 0 Å². The van der Waals surface area contributed by atoms with Crippen molar-refractivity contribution >= 4 is 26.8 Å². The molecule has 2 aromatic rings. The summed E-state index contributed by atoms with van der Waals surface area (Å²) < 4.78 is 13.3. The van der Waals surface area contributed by atoms with Crippen LogP contribution in [-0.4, -0.2) is 9.97 Å². The Bertz CT molecular complexity index is 523. The van der Waals surface area contributed by atoms with Gasteiger partial charge in [0.15, 0.2) is 0 Å². The number of H-pyrrole nitrogens is 1. The van der Waals surface area contributed by atoms with Gasteiger partial charge in [-0.3, -0.25) is 0 Å². The molecule has 0 amide bonds. The molecule has 0 fully saturated rings. The number of nitrogens with zero attached hydrogens (tertiary/aromatic N) is 1. The lowest BCUT2D eigenvalue weighted by molar-refractivity contribution is 0.623. The van der Waals surface area contributed by atoms with E-state index in [1.807, 2.05) is 0 Å². The molecule has 0 bridgehead atoms. The summed E-state index contributed by atoms with van der Waals surface area (Å²) in [5, 5.41) is 0.570. The first-order valence-corrected chi connectivity index (χ1v) is 4.30. The van der Waals surface area contributed by atoms with E-state index in [9.17, 15) is 9.18 Å². The van der Waals surface area contributed by atoms with Crippen LogP contribution < -0.4 is 5.69 Å². The van der Waals surface area contributed by atoms with E-state index < -0.39 is 5.69 Å². The van der Waals surface area contributed by atoms with E-state index in [1.165, 1.54) is 18.3 Å². The van der Waals surface area contributed by atoms with Gasteiger partial charge in [-0.1, -0.05) is 0 Å². The van der Waals surface area contributed by atoms with Gasteiger partial charge in [0, 0.05) is 11.6 Å². The van der Waals surface area contributed by atoms with Crippen LogP contribution in [0.25, 0.3) is 10.9 Å². The van der Waals surface area contributed by atoms with E-state index >= 15 is 0 Å². The van der Waals surface area contributed by atoms with Gasteiger partial charge in [-0.25, -0.2) is 14.2 Å². The molecular weight excluding hydrogens is 239 g/mol. The summed E-state index contributed by atoms with van der Waals surface area (Å²) in [5.74, 6) is -0.374. The number of benzene rings is 1. The highest BCUT2D eigenvalue weighted by molar-refractivity contribution is 9.10. The van der Waals surface area contributed by atoms with Crippen LogP contribution in [0.4, 0.5) is 4.39 Å². The zero-order chi connectivity index (χ0) is 9.42. The van der Waals surface area contributed by atoms with Crippen molar-refractivity contribution in [1.29, 1.82) is 0 Å². The van der Waals surface area contributed by atoms with Gasteiger partial charge >= 0.3 is 5.69 Å². The fourth-order valence-electron chi connectivity index (χ4n) is 1.05. The van der Waals surface area contributed by atoms with E-state index in [0.717, 1.165) is 0 Å². The summed E-state index contributed by atoms with van der Waals surface area (Å²) in [7, 11) is 0. The van der Waals surface area contributed by atoms with Gasteiger partial charge in [-0.2, -0.15) is 0 Å². The number of rotatable bonds is 0. The van der Waals surface area contributed by atoms with E-state index in [4.69, 9.17) is 0 Å². The topological polar surface area (TPSA) is 45.8 Å². The highest BCUT2D eigenvalue weighted by Crippen LogP contribution is 2.20. The molecule has 0 saturated heterocycles. The third-order valence-electron chi connectivity index (χ3n) is 1.65. The lowest BCUT2D eigenvalue weighted by Crippen LogP contribution is -2.08. The molecular formula is C8H4BrFN2O. The minimum atomic E-state index is -0.439. The van der Waals surface area contributed by atoms with Crippen molar-refractivity contribution in [3.05, 3.63) is 39.1 Å². The van der Waals surface area contributed by atoms with Crippen LogP contribution in [-0.2, 0) is 0 Å². The largest absolute Gasteiger partial charge is 0.345 e. The molecule has 1 heterocycles. The molecule has 5 heteroatoms. The molecule has 0 spiro atoms. The maximum atomic E-state index is 13.0. The zero-order valence-corrected chi connectivity index (χ0v) is 7.93. The molecule has 0 atom stereocenters. The van der Waals surface area contributed by atoms with Gasteiger partial charge in [-0.05, 0) is 28.1 Å². The van der Waals surface area contributed by atoms with Crippen molar-refractivity contribution in [2.45, 2.75) is 0 Å². The standard InChI is InChI=1S/C8H4BrFN2O/c9-5-2-7-4(1-6(5)10)3-11-8(13)12-7/h1-3H,(H,11,12,13). The smallest absolute Gasteiger partial charge is 0.305 e. The van der Waals surface area contributed by atoms with Gasteiger partial charge in [0.05, 0.1) is 9.99 Å². The highest BCUT2D eigenvalue weighted by Gasteiger charge is 2.02. The van der Waals surface area contributed by atoms with E-state index in [2.05, 4.69) is 25.9 Å². The first kappa shape index (κ1) is 8.37. The van der Waals surface area contributed by atoms with Gasteiger partial charge < -0.3 is 4.98 Å². The van der Waals surface area contributed by atoms with Gasteiger partial charge in [0.25, 0.3) is 0 Å². The highest BCUT2D eigenvalue weighted by atomic mass is 79.9. The molecule has 0 aliphatic rings. The van der Waals surface area contributed by atoms with E-state index in [0.29, 0.717) is 15.4 Å². The Hall–Kier alpha value is -1.23. The first-order chi connectivity index (χ1) is 6.16. The Kier molecular flexibility index (Phi) is 1.88. The van der Waals surface area contributed by atoms with Gasteiger partial charge in [0.2, 0.25) is 0 Å². The molecule has 2 rings (SSSR count). The Labute approximate surface area is 80.7 Å². The number of nitrogens with one attached hydrogen (secondary N) is 1. The zero-order valence-electron chi connectivity index (χ0n) is 6.34. The summed E-state index contributed by atoms with van der Waals surface area (Å²) in [6, 6.07) is 2.82. The number of hydrogen-bond acceptors (Lipinski definition) is 2. The van der Waals surface area contributed by atoms with Crippen molar-refractivity contribution < 1.29 is 4.39 Å². The second-order valence-corrected chi connectivity index (χ2v) is 3.40. The molecule has 0 aliphatic carbocycles. The Morgan fingerprint density at radius 2 is 2.23 bits per heavy atom. The fraction of sp³-hybridized carbons (Fsp3) is 0. The second kappa shape index (κ2) is 2.92. The molecule has 1 aromatic heterocycles. The average molecular weight is 243 g/mol. The van der Waals surface area contributed by atoms with Crippen molar-refractivity contribution in [3.63, 3.8) is 0 Å². The normalized spacial score (nSPS) is 10.6. The van der Waals surface area contributed by atoms with E-state index in [1.54, 1.807) is 0 Å². The molecule has 0 aliphatic heterocycles. The second-order valence-electron chi connectivity index (χ2n) is 2.54. The molecule has 1 aromatic carbocycles. The predicted molar refractivity (Wildman–Crippen MR) is 50.0 cm³/mol. The molecule has 0 radical (unpaired) electrons. The number of hydrogen-bond donors (Lipinski definition) is 1. The van der Waals surface area contributed by atoms with Gasteiger partial charge in [-0.15, -0.1) is 0 Å². The van der Waals surface area contributed by atoms with Crippen LogP contribution in [0.1, 0.15) is 0 Å².